The van der Waals surface area contributed by atoms with Crippen LogP contribution in [0.1, 0.15) is 50.5 Å². The third-order valence-corrected chi connectivity index (χ3v) is 4.57. The summed E-state index contributed by atoms with van der Waals surface area (Å²) in [5, 5.41) is 5.19. The first-order valence-electron chi connectivity index (χ1n) is 7.03. The quantitative estimate of drug-likeness (QED) is 0.889. The number of sulfonamides is 1. The van der Waals surface area contributed by atoms with E-state index in [2.05, 4.69) is 23.7 Å². The molecule has 2 heterocycles. The Morgan fingerprint density at radius 2 is 2.25 bits per heavy atom. The predicted octanol–water partition coefficient (Wildman–Crippen LogP) is 1.44. The van der Waals surface area contributed by atoms with Crippen LogP contribution in [0, 0.1) is 0 Å². The standard InChI is InChI=1S/C13H23N3O3S/c1-10(2)13-12(15-9-19-13)7-16-6-4-3-5-11(16)8-20(14,17)18/h9-11H,3-8H2,1-2H3,(H2,14,17,18). The van der Waals surface area contributed by atoms with E-state index < -0.39 is 10.0 Å². The highest BCUT2D eigenvalue weighted by atomic mass is 32.2. The average Bonchev–Trinajstić information content (AvgIpc) is 2.78. The Balaban J connectivity index is 2.10. The summed E-state index contributed by atoms with van der Waals surface area (Å²) >= 11 is 0. The van der Waals surface area contributed by atoms with Gasteiger partial charge < -0.3 is 4.42 Å². The molecule has 1 saturated heterocycles. The molecule has 0 amide bonds. The molecule has 1 fully saturated rings. The highest BCUT2D eigenvalue weighted by Gasteiger charge is 2.27. The molecule has 0 saturated carbocycles. The van der Waals surface area contributed by atoms with Gasteiger partial charge in [0.25, 0.3) is 0 Å². The molecule has 1 aliphatic heterocycles. The molecule has 114 valence electrons. The minimum Gasteiger partial charge on any atom is -0.448 e. The third kappa shape index (κ3) is 4.04. The topological polar surface area (TPSA) is 89.4 Å². The van der Waals surface area contributed by atoms with Crippen molar-refractivity contribution in [2.45, 2.75) is 51.6 Å². The van der Waals surface area contributed by atoms with Gasteiger partial charge in [-0.1, -0.05) is 20.3 Å². The molecule has 0 aliphatic carbocycles. The molecule has 0 bridgehead atoms. The summed E-state index contributed by atoms with van der Waals surface area (Å²) in [4.78, 5) is 6.44. The van der Waals surface area contributed by atoms with Crippen LogP contribution in [0.4, 0.5) is 0 Å². The van der Waals surface area contributed by atoms with Crippen molar-refractivity contribution in [3.63, 3.8) is 0 Å². The van der Waals surface area contributed by atoms with Crippen molar-refractivity contribution >= 4 is 10.0 Å². The van der Waals surface area contributed by atoms with Gasteiger partial charge in [0, 0.05) is 18.5 Å². The first-order chi connectivity index (χ1) is 9.37. The normalized spacial score (nSPS) is 21.5. The van der Waals surface area contributed by atoms with Crippen LogP contribution in [-0.2, 0) is 16.6 Å². The molecule has 1 unspecified atom stereocenters. The molecular formula is C13H23N3O3S. The number of nitrogens with zero attached hydrogens (tertiary/aromatic N) is 2. The molecule has 2 N–H and O–H groups in total. The molecule has 1 atom stereocenters. The molecule has 1 aliphatic rings. The summed E-state index contributed by atoms with van der Waals surface area (Å²) in [5.41, 5.74) is 0.904. The zero-order chi connectivity index (χ0) is 14.8. The van der Waals surface area contributed by atoms with Crippen molar-refractivity contribution in [3.8, 4) is 0 Å². The number of aromatic nitrogens is 1. The zero-order valence-corrected chi connectivity index (χ0v) is 12.9. The number of rotatable bonds is 5. The summed E-state index contributed by atoms with van der Waals surface area (Å²) in [6.07, 6.45) is 4.46. The van der Waals surface area contributed by atoms with Crippen LogP contribution in [0.5, 0.6) is 0 Å². The van der Waals surface area contributed by atoms with Crippen molar-refractivity contribution in [3.05, 3.63) is 17.8 Å². The van der Waals surface area contributed by atoms with Gasteiger partial charge in [-0.05, 0) is 19.4 Å². The van der Waals surface area contributed by atoms with E-state index in [0.717, 1.165) is 37.3 Å². The Morgan fingerprint density at radius 3 is 2.90 bits per heavy atom. The summed E-state index contributed by atoms with van der Waals surface area (Å²) in [6, 6.07) is -0.0181. The monoisotopic (exact) mass is 301 g/mol. The fraction of sp³-hybridized carbons (Fsp3) is 0.769. The van der Waals surface area contributed by atoms with Crippen LogP contribution in [0.25, 0.3) is 0 Å². The van der Waals surface area contributed by atoms with Gasteiger partial charge >= 0.3 is 0 Å². The number of likely N-dealkylation sites (tertiary alicyclic amines) is 1. The second-order valence-corrected chi connectivity index (χ2v) is 7.43. The van der Waals surface area contributed by atoms with Gasteiger partial charge in [0.15, 0.2) is 6.39 Å². The number of nitrogens with two attached hydrogens (primary N) is 1. The van der Waals surface area contributed by atoms with Crippen molar-refractivity contribution in [2.24, 2.45) is 5.14 Å². The largest absolute Gasteiger partial charge is 0.448 e. The maximum Gasteiger partial charge on any atom is 0.210 e. The Hall–Kier alpha value is -0.920. The summed E-state index contributed by atoms with van der Waals surface area (Å²) < 4.78 is 28.1. The second-order valence-electron chi connectivity index (χ2n) is 5.77. The average molecular weight is 301 g/mol. The summed E-state index contributed by atoms with van der Waals surface area (Å²) in [7, 11) is -3.45. The fourth-order valence-electron chi connectivity index (χ4n) is 2.78. The molecule has 6 nitrogen and oxygen atoms in total. The lowest BCUT2D eigenvalue weighted by Gasteiger charge is -2.34. The lowest BCUT2D eigenvalue weighted by Crippen LogP contribution is -2.44. The maximum absolute atomic E-state index is 11.3. The smallest absolute Gasteiger partial charge is 0.210 e. The molecule has 1 aromatic heterocycles. The fourth-order valence-corrected chi connectivity index (χ4v) is 3.70. The van der Waals surface area contributed by atoms with E-state index in [4.69, 9.17) is 9.56 Å². The van der Waals surface area contributed by atoms with Crippen LogP contribution in [-0.4, -0.2) is 36.6 Å². The third-order valence-electron chi connectivity index (χ3n) is 3.72. The summed E-state index contributed by atoms with van der Waals surface area (Å²) in [5.74, 6) is 1.17. The van der Waals surface area contributed by atoms with E-state index in [1.54, 1.807) is 0 Å². The van der Waals surface area contributed by atoms with Crippen molar-refractivity contribution < 1.29 is 12.8 Å². The Labute approximate surface area is 120 Å². The maximum atomic E-state index is 11.3. The van der Waals surface area contributed by atoms with E-state index in [0.29, 0.717) is 6.54 Å². The van der Waals surface area contributed by atoms with Gasteiger partial charge in [-0.2, -0.15) is 0 Å². The predicted molar refractivity (Wildman–Crippen MR) is 76.6 cm³/mol. The molecule has 1 aromatic rings. The number of hydrogen-bond donors (Lipinski definition) is 1. The van der Waals surface area contributed by atoms with Gasteiger partial charge in [0.05, 0.1) is 11.4 Å². The number of primary sulfonamides is 1. The first kappa shape index (κ1) is 15.5. The lowest BCUT2D eigenvalue weighted by molar-refractivity contribution is 0.151. The van der Waals surface area contributed by atoms with Crippen molar-refractivity contribution in [2.75, 3.05) is 12.3 Å². The molecule has 0 aromatic carbocycles. The summed E-state index contributed by atoms with van der Waals surface area (Å²) in [6.45, 7) is 5.62. The first-order valence-corrected chi connectivity index (χ1v) is 8.75. The van der Waals surface area contributed by atoms with Crippen LogP contribution in [0.15, 0.2) is 10.8 Å². The van der Waals surface area contributed by atoms with Crippen LogP contribution >= 0.6 is 0 Å². The SMILES string of the molecule is CC(C)c1ocnc1CN1CCCCC1CS(N)(=O)=O. The Bertz CT molecular complexity index is 539. The van der Waals surface area contributed by atoms with Gasteiger partial charge in [-0.25, -0.2) is 18.5 Å². The molecule has 0 spiro atoms. The van der Waals surface area contributed by atoms with Gasteiger partial charge in [0.2, 0.25) is 10.0 Å². The number of hydrogen-bond acceptors (Lipinski definition) is 5. The minimum absolute atomic E-state index is 0.0157. The van der Waals surface area contributed by atoms with Crippen molar-refractivity contribution in [1.29, 1.82) is 0 Å². The Kier molecular flexibility index (Phi) is 4.82. The van der Waals surface area contributed by atoms with Crippen LogP contribution in [0.2, 0.25) is 0 Å². The number of oxazole rings is 1. The Morgan fingerprint density at radius 1 is 1.50 bits per heavy atom. The molecule has 7 heteroatoms. The van der Waals surface area contributed by atoms with E-state index in [-0.39, 0.29) is 17.7 Å². The highest BCUT2D eigenvalue weighted by Crippen LogP contribution is 2.24. The molecular weight excluding hydrogens is 278 g/mol. The van der Waals surface area contributed by atoms with Gasteiger partial charge in [-0.15, -0.1) is 0 Å². The van der Waals surface area contributed by atoms with E-state index in [1.165, 1.54) is 6.39 Å². The zero-order valence-electron chi connectivity index (χ0n) is 12.1. The van der Waals surface area contributed by atoms with Crippen LogP contribution in [0.3, 0.4) is 0 Å². The molecule has 0 radical (unpaired) electrons. The molecule has 2 rings (SSSR count). The number of piperidine rings is 1. The van der Waals surface area contributed by atoms with Crippen LogP contribution < -0.4 is 5.14 Å². The van der Waals surface area contributed by atoms with Gasteiger partial charge in [0.1, 0.15) is 5.76 Å². The lowest BCUT2D eigenvalue weighted by atomic mass is 10.0. The highest BCUT2D eigenvalue weighted by molar-refractivity contribution is 7.89. The van der Waals surface area contributed by atoms with E-state index >= 15 is 0 Å². The molecule has 20 heavy (non-hydrogen) atoms. The minimum atomic E-state index is -3.45. The van der Waals surface area contributed by atoms with Gasteiger partial charge in [-0.3, -0.25) is 4.90 Å². The second kappa shape index (κ2) is 6.24. The van der Waals surface area contributed by atoms with E-state index in [9.17, 15) is 8.42 Å². The van der Waals surface area contributed by atoms with E-state index in [1.807, 2.05) is 0 Å². The van der Waals surface area contributed by atoms with Crippen molar-refractivity contribution in [1.82, 2.24) is 9.88 Å².